The summed E-state index contributed by atoms with van der Waals surface area (Å²) in [7, 11) is 0. The number of aromatic nitrogens is 4. The third-order valence-corrected chi connectivity index (χ3v) is 9.83. The van der Waals surface area contributed by atoms with E-state index >= 15 is 0 Å². The second kappa shape index (κ2) is 10.8. The Kier molecular flexibility index (Phi) is 7.10. The molecule has 2 N–H and O–H groups in total. The lowest BCUT2D eigenvalue weighted by Gasteiger charge is -2.58. The van der Waals surface area contributed by atoms with Crippen molar-refractivity contribution in [3.63, 3.8) is 0 Å². The van der Waals surface area contributed by atoms with Crippen molar-refractivity contribution >= 4 is 28.6 Å². The molecule has 1 unspecified atom stereocenters. The fourth-order valence-electron chi connectivity index (χ4n) is 7.20. The first-order valence-corrected chi connectivity index (χ1v) is 15.4. The maximum atomic E-state index is 11.4. The molecule has 4 aromatic rings. The van der Waals surface area contributed by atoms with Gasteiger partial charge in [0.2, 0.25) is 0 Å². The van der Waals surface area contributed by atoms with E-state index in [1.165, 1.54) is 4.90 Å². The van der Waals surface area contributed by atoms with Gasteiger partial charge in [0.1, 0.15) is 18.1 Å². The lowest BCUT2D eigenvalue weighted by molar-refractivity contribution is -0.0775. The predicted molar refractivity (Wildman–Crippen MR) is 163 cm³/mol. The van der Waals surface area contributed by atoms with E-state index in [9.17, 15) is 9.90 Å². The number of halogens is 1. The third kappa shape index (κ3) is 4.76. The van der Waals surface area contributed by atoms with Crippen molar-refractivity contribution in [2.24, 2.45) is 5.41 Å². The zero-order chi connectivity index (χ0) is 29.9. The molecule has 2 aliphatic heterocycles. The van der Waals surface area contributed by atoms with Crippen LogP contribution in [0.5, 0.6) is 5.75 Å². The van der Waals surface area contributed by atoms with Crippen LogP contribution in [0.15, 0.2) is 36.5 Å². The molecule has 11 heteroatoms. The second-order valence-electron chi connectivity index (χ2n) is 12.3. The van der Waals surface area contributed by atoms with Gasteiger partial charge in [0.15, 0.2) is 6.23 Å². The van der Waals surface area contributed by atoms with Gasteiger partial charge >= 0.3 is 6.09 Å². The Labute approximate surface area is 254 Å². The summed E-state index contributed by atoms with van der Waals surface area (Å²) in [5.41, 5.74) is 6.63. The highest BCUT2D eigenvalue weighted by molar-refractivity contribution is 6.36. The largest absolute Gasteiger partial charge is 0.491 e. The molecule has 1 spiro atoms. The second-order valence-corrected chi connectivity index (χ2v) is 12.7. The molecule has 10 nitrogen and oxygen atoms in total. The molecule has 1 amide bonds. The van der Waals surface area contributed by atoms with E-state index in [4.69, 9.17) is 36.4 Å². The van der Waals surface area contributed by atoms with Crippen LogP contribution >= 0.6 is 11.6 Å². The number of carbonyl (C=O) groups is 1. The molecule has 226 valence electrons. The Morgan fingerprint density at radius 3 is 2.58 bits per heavy atom. The summed E-state index contributed by atoms with van der Waals surface area (Å²) in [5.74, 6) is 0.675. The maximum absolute atomic E-state index is 11.4. The van der Waals surface area contributed by atoms with Crippen molar-refractivity contribution in [1.82, 2.24) is 24.5 Å². The van der Waals surface area contributed by atoms with Crippen LogP contribution in [0.4, 0.5) is 4.79 Å². The topological polar surface area (TPSA) is 115 Å². The summed E-state index contributed by atoms with van der Waals surface area (Å²) in [4.78, 5) is 12.9. The predicted octanol–water partition coefficient (Wildman–Crippen LogP) is 6.22. The number of aliphatic hydroxyl groups is 1. The molecule has 0 radical (unpaired) electrons. The summed E-state index contributed by atoms with van der Waals surface area (Å²) in [6, 6.07) is 10.0. The highest BCUT2D eigenvalue weighted by Gasteiger charge is 2.55. The Hall–Kier alpha value is -3.60. The van der Waals surface area contributed by atoms with Crippen molar-refractivity contribution in [1.29, 1.82) is 0 Å². The first-order chi connectivity index (χ1) is 20.8. The molecule has 0 bridgehead atoms. The SMILES string of the molecule is Cc1cc2c(cnn2C2CCCCO2)c(-c2c(-c3ccc(OCCO)cc3)nn(C3CC4(C3)CN(C(=O)O)C4)c2C)c1Cl. The molecule has 7 rings (SSSR count). The quantitative estimate of drug-likeness (QED) is 0.257. The third-order valence-electron chi connectivity index (χ3n) is 9.34. The number of nitrogens with zero attached hydrogens (tertiary/aromatic N) is 5. The number of rotatable bonds is 7. The molecule has 3 aliphatic rings. The van der Waals surface area contributed by atoms with Crippen molar-refractivity contribution in [3.05, 3.63) is 52.8 Å². The van der Waals surface area contributed by atoms with Gasteiger partial charge in [0, 0.05) is 52.9 Å². The number of fused-ring (bicyclic) bond motifs is 1. The minimum atomic E-state index is -0.849. The van der Waals surface area contributed by atoms with E-state index in [1.807, 2.05) is 42.1 Å². The van der Waals surface area contributed by atoms with Crippen LogP contribution in [0, 0.1) is 19.3 Å². The van der Waals surface area contributed by atoms with Crippen LogP contribution in [-0.4, -0.2) is 73.7 Å². The van der Waals surface area contributed by atoms with Gasteiger partial charge in [-0.3, -0.25) is 4.68 Å². The molecule has 3 fully saturated rings. The Bertz CT molecular complexity index is 1680. The van der Waals surface area contributed by atoms with E-state index in [1.54, 1.807) is 0 Å². The van der Waals surface area contributed by atoms with Crippen molar-refractivity contribution in [2.45, 2.75) is 58.2 Å². The van der Waals surface area contributed by atoms with Crippen molar-refractivity contribution < 1.29 is 24.5 Å². The summed E-state index contributed by atoms with van der Waals surface area (Å²) < 4.78 is 15.8. The van der Waals surface area contributed by atoms with Gasteiger partial charge in [-0.05, 0) is 81.8 Å². The van der Waals surface area contributed by atoms with E-state index in [0.29, 0.717) is 23.9 Å². The van der Waals surface area contributed by atoms with Crippen LogP contribution in [0.1, 0.15) is 55.6 Å². The number of ether oxygens (including phenoxy) is 2. The van der Waals surface area contributed by atoms with Gasteiger partial charge in [-0.15, -0.1) is 0 Å². The fraction of sp³-hybridized carbons (Fsp3) is 0.469. The number of hydrogen-bond acceptors (Lipinski definition) is 6. The highest BCUT2D eigenvalue weighted by atomic mass is 35.5. The van der Waals surface area contributed by atoms with Gasteiger partial charge in [0.25, 0.3) is 0 Å². The van der Waals surface area contributed by atoms with Gasteiger partial charge < -0.3 is 24.6 Å². The number of benzene rings is 2. The molecule has 1 aliphatic carbocycles. The molecule has 2 aromatic heterocycles. The van der Waals surface area contributed by atoms with Crippen LogP contribution < -0.4 is 4.74 Å². The smallest absolute Gasteiger partial charge is 0.407 e. The zero-order valence-electron chi connectivity index (χ0n) is 24.4. The van der Waals surface area contributed by atoms with E-state index in [-0.39, 0.29) is 30.9 Å². The number of likely N-dealkylation sites (tertiary alicyclic amines) is 1. The molecule has 2 saturated heterocycles. The fourth-order valence-corrected chi connectivity index (χ4v) is 7.45. The van der Waals surface area contributed by atoms with E-state index < -0.39 is 6.09 Å². The van der Waals surface area contributed by atoms with Crippen LogP contribution in [0.2, 0.25) is 5.02 Å². The number of amides is 1. The summed E-state index contributed by atoms with van der Waals surface area (Å²) in [5, 5.41) is 30.2. The molecule has 2 aromatic carbocycles. The Balaban J connectivity index is 1.33. The van der Waals surface area contributed by atoms with Crippen LogP contribution in [0.3, 0.4) is 0 Å². The normalized spacial score (nSPS) is 19.9. The number of aryl methyl sites for hydroxylation is 1. The number of aliphatic hydroxyl groups excluding tert-OH is 1. The van der Waals surface area contributed by atoms with E-state index in [0.717, 1.165) is 83.3 Å². The molecule has 1 saturated carbocycles. The average Bonchev–Trinajstić information content (AvgIpc) is 3.53. The van der Waals surface area contributed by atoms with Crippen molar-refractivity contribution in [3.8, 4) is 28.1 Å². The minimum absolute atomic E-state index is 0.0445. The van der Waals surface area contributed by atoms with Crippen LogP contribution in [-0.2, 0) is 4.74 Å². The molecular formula is C32H36ClN5O5. The molecule has 4 heterocycles. The lowest BCUT2D eigenvalue weighted by atomic mass is 9.61. The average molecular weight is 606 g/mol. The summed E-state index contributed by atoms with van der Waals surface area (Å²) in [6.45, 7) is 6.20. The van der Waals surface area contributed by atoms with Crippen molar-refractivity contribution in [2.75, 3.05) is 32.9 Å². The van der Waals surface area contributed by atoms with E-state index in [2.05, 4.69) is 17.7 Å². The van der Waals surface area contributed by atoms with Gasteiger partial charge in [-0.2, -0.15) is 10.2 Å². The number of carboxylic acid groups (broad SMARTS) is 1. The summed E-state index contributed by atoms with van der Waals surface area (Å²) in [6.07, 6.45) is 5.81. The van der Waals surface area contributed by atoms with Gasteiger partial charge in [-0.1, -0.05) is 11.6 Å². The van der Waals surface area contributed by atoms with Crippen LogP contribution in [0.25, 0.3) is 33.3 Å². The molecule has 43 heavy (non-hydrogen) atoms. The maximum Gasteiger partial charge on any atom is 0.407 e. The lowest BCUT2D eigenvalue weighted by Crippen LogP contribution is -2.63. The Morgan fingerprint density at radius 2 is 1.91 bits per heavy atom. The first-order valence-electron chi connectivity index (χ1n) is 15.0. The van der Waals surface area contributed by atoms with Gasteiger partial charge in [0.05, 0.1) is 29.4 Å². The monoisotopic (exact) mass is 605 g/mol. The number of hydrogen-bond donors (Lipinski definition) is 2. The first kappa shape index (κ1) is 28.2. The zero-order valence-corrected chi connectivity index (χ0v) is 25.2. The van der Waals surface area contributed by atoms with Gasteiger partial charge in [-0.25, -0.2) is 9.48 Å². The molecular weight excluding hydrogens is 570 g/mol. The molecule has 1 atom stereocenters. The standard InChI is InChI=1S/C32H36ClN5O5/c1-19-13-25-24(16-34-38(25)26-5-3-4-11-43-26)28(29(19)33)27-20(2)37(22-14-32(15-22)17-36(18-32)31(40)41)35-30(27)21-6-8-23(9-7-21)42-12-10-39/h6-9,13,16,22,26,39H,3-5,10-12,14-15,17-18H2,1-2H3,(H,40,41). The summed E-state index contributed by atoms with van der Waals surface area (Å²) >= 11 is 7.16. The highest BCUT2D eigenvalue weighted by Crippen LogP contribution is 2.55. The Morgan fingerprint density at radius 1 is 1.14 bits per heavy atom. The minimum Gasteiger partial charge on any atom is -0.491 e.